The van der Waals surface area contributed by atoms with E-state index in [9.17, 15) is 4.39 Å². The molecule has 0 fully saturated rings. The maximum atomic E-state index is 13.2. The number of likely N-dealkylation sites (N-methyl/N-ethyl adjacent to an activating group) is 1. The summed E-state index contributed by atoms with van der Waals surface area (Å²) in [6.07, 6.45) is 0.828. The predicted molar refractivity (Wildman–Crippen MR) is 120 cm³/mol. The minimum absolute atomic E-state index is 0. The SMILES string of the molecule is CN=C(NCCc1ccc(F)cc1C)NCC(c1cccs1)N(C)C.I. The first kappa shape index (κ1) is 22.9. The van der Waals surface area contributed by atoms with Crippen molar-refractivity contribution in [3.8, 4) is 0 Å². The van der Waals surface area contributed by atoms with Crippen LogP contribution in [0.3, 0.4) is 0 Å². The predicted octanol–water partition coefficient (Wildman–Crippen LogP) is 3.82. The molecule has 7 heteroatoms. The summed E-state index contributed by atoms with van der Waals surface area (Å²) in [6, 6.07) is 9.47. The lowest BCUT2D eigenvalue weighted by Crippen LogP contribution is -2.42. The number of halogens is 2. The Labute approximate surface area is 176 Å². The molecule has 0 spiro atoms. The van der Waals surface area contributed by atoms with Crippen molar-refractivity contribution >= 4 is 41.3 Å². The van der Waals surface area contributed by atoms with Crippen molar-refractivity contribution in [2.24, 2.45) is 4.99 Å². The Hall–Kier alpha value is -1.19. The molecule has 1 aromatic heterocycles. The molecular formula is C19H28FIN4S. The number of aliphatic imine (C=N–C) groups is 1. The number of thiophene rings is 1. The molecule has 2 rings (SSSR count). The van der Waals surface area contributed by atoms with Gasteiger partial charge in [-0.3, -0.25) is 4.99 Å². The average Bonchev–Trinajstić information content (AvgIpc) is 3.09. The summed E-state index contributed by atoms with van der Waals surface area (Å²) in [6.45, 7) is 3.47. The van der Waals surface area contributed by atoms with Gasteiger partial charge in [-0.05, 0) is 62.1 Å². The minimum Gasteiger partial charge on any atom is -0.356 e. The van der Waals surface area contributed by atoms with Crippen molar-refractivity contribution in [3.05, 3.63) is 57.5 Å². The highest BCUT2D eigenvalue weighted by atomic mass is 127. The zero-order valence-corrected chi connectivity index (χ0v) is 18.9. The molecule has 0 radical (unpaired) electrons. The van der Waals surface area contributed by atoms with E-state index in [0.29, 0.717) is 6.04 Å². The first-order valence-electron chi connectivity index (χ1n) is 8.40. The summed E-state index contributed by atoms with van der Waals surface area (Å²) >= 11 is 1.76. The van der Waals surface area contributed by atoms with E-state index in [-0.39, 0.29) is 29.8 Å². The highest BCUT2D eigenvalue weighted by Crippen LogP contribution is 2.22. The van der Waals surface area contributed by atoms with E-state index < -0.39 is 0 Å². The van der Waals surface area contributed by atoms with E-state index in [1.165, 1.54) is 10.9 Å². The van der Waals surface area contributed by atoms with E-state index in [1.54, 1.807) is 24.5 Å². The van der Waals surface area contributed by atoms with Gasteiger partial charge in [0.05, 0.1) is 6.04 Å². The lowest BCUT2D eigenvalue weighted by molar-refractivity contribution is 0.302. The second-order valence-corrected chi connectivity index (χ2v) is 7.17. The van der Waals surface area contributed by atoms with Crippen LogP contribution in [0.1, 0.15) is 22.0 Å². The van der Waals surface area contributed by atoms with E-state index in [2.05, 4.69) is 52.1 Å². The van der Waals surface area contributed by atoms with Gasteiger partial charge in [-0.25, -0.2) is 4.39 Å². The number of hydrogen-bond donors (Lipinski definition) is 2. The monoisotopic (exact) mass is 490 g/mol. The first-order chi connectivity index (χ1) is 12.0. The van der Waals surface area contributed by atoms with Gasteiger partial charge in [-0.15, -0.1) is 35.3 Å². The fourth-order valence-corrected chi connectivity index (χ4v) is 3.61. The second kappa shape index (κ2) is 11.5. The van der Waals surface area contributed by atoms with Crippen LogP contribution in [-0.2, 0) is 6.42 Å². The molecule has 2 N–H and O–H groups in total. The van der Waals surface area contributed by atoms with Gasteiger partial charge in [-0.2, -0.15) is 0 Å². The Kier molecular flexibility index (Phi) is 10.1. The highest BCUT2D eigenvalue weighted by molar-refractivity contribution is 14.0. The zero-order valence-electron chi connectivity index (χ0n) is 15.8. The normalized spacial score (nSPS) is 12.6. The van der Waals surface area contributed by atoms with Crippen molar-refractivity contribution < 1.29 is 4.39 Å². The molecule has 4 nitrogen and oxygen atoms in total. The summed E-state index contributed by atoms with van der Waals surface area (Å²) in [5.74, 6) is 0.596. The third-order valence-corrected chi connectivity index (χ3v) is 5.15. The number of hydrogen-bond acceptors (Lipinski definition) is 3. The molecule has 1 unspecified atom stereocenters. The topological polar surface area (TPSA) is 39.7 Å². The average molecular weight is 490 g/mol. The molecule has 2 aromatic rings. The van der Waals surface area contributed by atoms with Crippen LogP contribution in [0.15, 0.2) is 40.7 Å². The maximum Gasteiger partial charge on any atom is 0.191 e. The summed E-state index contributed by atoms with van der Waals surface area (Å²) < 4.78 is 13.2. The Morgan fingerprint density at radius 2 is 2.04 bits per heavy atom. The van der Waals surface area contributed by atoms with E-state index in [4.69, 9.17) is 0 Å². The third-order valence-electron chi connectivity index (χ3n) is 4.17. The van der Waals surface area contributed by atoms with Gasteiger partial charge in [0.1, 0.15) is 5.82 Å². The molecule has 0 saturated carbocycles. The molecule has 0 saturated heterocycles. The smallest absolute Gasteiger partial charge is 0.191 e. The van der Waals surface area contributed by atoms with Gasteiger partial charge >= 0.3 is 0 Å². The van der Waals surface area contributed by atoms with Gasteiger partial charge in [0, 0.05) is 25.0 Å². The van der Waals surface area contributed by atoms with Crippen molar-refractivity contribution in [2.45, 2.75) is 19.4 Å². The molecule has 26 heavy (non-hydrogen) atoms. The molecule has 1 atom stereocenters. The zero-order chi connectivity index (χ0) is 18.2. The summed E-state index contributed by atoms with van der Waals surface area (Å²) in [7, 11) is 5.94. The van der Waals surface area contributed by atoms with Gasteiger partial charge in [0.2, 0.25) is 0 Å². The van der Waals surface area contributed by atoms with Crippen molar-refractivity contribution in [1.29, 1.82) is 0 Å². The molecule has 0 aliphatic carbocycles. The van der Waals surface area contributed by atoms with Crippen LogP contribution in [0.4, 0.5) is 4.39 Å². The van der Waals surface area contributed by atoms with E-state index >= 15 is 0 Å². The summed E-state index contributed by atoms with van der Waals surface area (Å²) in [4.78, 5) is 7.82. The number of guanidine groups is 1. The van der Waals surface area contributed by atoms with Crippen LogP contribution in [0.2, 0.25) is 0 Å². The maximum absolute atomic E-state index is 13.2. The molecule has 0 aliphatic rings. The fraction of sp³-hybridized carbons (Fsp3) is 0.421. The van der Waals surface area contributed by atoms with Gasteiger partial charge in [-0.1, -0.05) is 12.1 Å². The van der Waals surface area contributed by atoms with Crippen molar-refractivity contribution in [3.63, 3.8) is 0 Å². The number of nitrogens with one attached hydrogen (secondary N) is 2. The Bertz CT molecular complexity index is 689. The van der Waals surface area contributed by atoms with Gasteiger partial charge in [0.25, 0.3) is 0 Å². The summed E-state index contributed by atoms with van der Waals surface area (Å²) in [5.41, 5.74) is 2.13. The quantitative estimate of drug-likeness (QED) is 0.352. The lowest BCUT2D eigenvalue weighted by atomic mass is 10.1. The van der Waals surface area contributed by atoms with Crippen LogP contribution in [0, 0.1) is 12.7 Å². The van der Waals surface area contributed by atoms with E-state index in [1.807, 2.05) is 13.0 Å². The van der Waals surface area contributed by atoms with Crippen molar-refractivity contribution in [2.75, 3.05) is 34.2 Å². The molecule has 1 aromatic carbocycles. The minimum atomic E-state index is -0.185. The third kappa shape index (κ3) is 6.85. The fourth-order valence-electron chi connectivity index (χ4n) is 2.69. The first-order valence-corrected chi connectivity index (χ1v) is 9.28. The van der Waals surface area contributed by atoms with Crippen LogP contribution in [0.25, 0.3) is 0 Å². The number of aryl methyl sites for hydroxylation is 1. The molecule has 1 heterocycles. The lowest BCUT2D eigenvalue weighted by Gasteiger charge is -2.24. The van der Waals surface area contributed by atoms with Crippen LogP contribution < -0.4 is 10.6 Å². The molecule has 0 amide bonds. The molecule has 0 bridgehead atoms. The van der Waals surface area contributed by atoms with Gasteiger partial charge < -0.3 is 15.5 Å². The van der Waals surface area contributed by atoms with Crippen LogP contribution >= 0.6 is 35.3 Å². The largest absolute Gasteiger partial charge is 0.356 e. The van der Waals surface area contributed by atoms with E-state index in [0.717, 1.165) is 36.6 Å². The van der Waals surface area contributed by atoms with Crippen molar-refractivity contribution in [1.82, 2.24) is 15.5 Å². The molecule has 0 aliphatic heterocycles. The van der Waals surface area contributed by atoms with Gasteiger partial charge in [0.15, 0.2) is 5.96 Å². The number of rotatable bonds is 7. The second-order valence-electron chi connectivity index (χ2n) is 6.20. The Morgan fingerprint density at radius 1 is 1.27 bits per heavy atom. The number of benzene rings is 1. The Balaban J connectivity index is 0.00000338. The summed E-state index contributed by atoms with van der Waals surface area (Å²) in [5, 5.41) is 8.82. The highest BCUT2D eigenvalue weighted by Gasteiger charge is 2.15. The van der Waals surface area contributed by atoms with Crippen LogP contribution in [0.5, 0.6) is 0 Å². The standard InChI is InChI=1S/C19H27FN4S.HI/c1-14-12-16(20)8-7-15(14)9-10-22-19(21-2)23-13-17(24(3)4)18-6-5-11-25-18;/h5-8,11-12,17H,9-10,13H2,1-4H3,(H2,21,22,23);1H. The molecule has 144 valence electrons. The number of nitrogens with zero attached hydrogens (tertiary/aromatic N) is 2. The van der Waals surface area contributed by atoms with Crippen LogP contribution in [-0.4, -0.2) is 45.1 Å². The Morgan fingerprint density at radius 3 is 2.62 bits per heavy atom. The molecular weight excluding hydrogens is 462 g/mol.